The number of H-pyrrole nitrogens is 1. The number of aromatic amines is 1. The third-order valence-corrected chi connectivity index (χ3v) is 3.17. The highest BCUT2D eigenvalue weighted by molar-refractivity contribution is 5.90. The highest BCUT2D eigenvalue weighted by Gasteiger charge is 2.26. The zero-order valence-corrected chi connectivity index (χ0v) is 10.5. The summed E-state index contributed by atoms with van der Waals surface area (Å²) in [5, 5.41) is 12.3. The predicted octanol–water partition coefficient (Wildman–Crippen LogP) is 0.0455. The molecule has 0 radical (unpaired) electrons. The SMILES string of the molecule is Cc1[nH]ncc1CCCNC(=O)[C@@H]1CCC(=O)N1. The molecule has 2 amide bonds. The van der Waals surface area contributed by atoms with Gasteiger partial charge >= 0.3 is 0 Å². The molecule has 3 N–H and O–H groups in total. The van der Waals surface area contributed by atoms with Crippen molar-refractivity contribution in [1.82, 2.24) is 20.8 Å². The molecule has 1 aliphatic rings. The molecule has 0 bridgehead atoms. The number of hydrogen-bond donors (Lipinski definition) is 3. The molecule has 0 saturated carbocycles. The van der Waals surface area contributed by atoms with Crippen LogP contribution in [0.5, 0.6) is 0 Å². The van der Waals surface area contributed by atoms with Crippen LogP contribution in [0.3, 0.4) is 0 Å². The molecule has 2 heterocycles. The molecule has 1 atom stereocenters. The first-order valence-corrected chi connectivity index (χ1v) is 6.22. The topological polar surface area (TPSA) is 86.9 Å². The summed E-state index contributed by atoms with van der Waals surface area (Å²) in [5.74, 6) is -0.117. The molecule has 18 heavy (non-hydrogen) atoms. The number of carbonyl (C=O) groups is 2. The molecular formula is C12H18N4O2. The number of carbonyl (C=O) groups excluding carboxylic acids is 2. The molecule has 1 saturated heterocycles. The van der Waals surface area contributed by atoms with Crippen LogP contribution >= 0.6 is 0 Å². The summed E-state index contributed by atoms with van der Waals surface area (Å²) < 4.78 is 0. The van der Waals surface area contributed by atoms with Crippen LogP contribution < -0.4 is 10.6 Å². The maximum absolute atomic E-state index is 11.7. The summed E-state index contributed by atoms with van der Waals surface area (Å²) in [4.78, 5) is 22.7. The van der Waals surface area contributed by atoms with Crippen molar-refractivity contribution in [3.63, 3.8) is 0 Å². The molecule has 6 heteroatoms. The quantitative estimate of drug-likeness (QED) is 0.645. The summed E-state index contributed by atoms with van der Waals surface area (Å²) in [6.45, 7) is 2.60. The van der Waals surface area contributed by atoms with Crippen LogP contribution in [-0.2, 0) is 16.0 Å². The van der Waals surface area contributed by atoms with Gasteiger partial charge in [-0.3, -0.25) is 14.7 Å². The zero-order valence-electron chi connectivity index (χ0n) is 10.5. The average molecular weight is 250 g/mol. The molecule has 6 nitrogen and oxygen atoms in total. The van der Waals surface area contributed by atoms with E-state index in [0.717, 1.165) is 18.5 Å². The largest absolute Gasteiger partial charge is 0.354 e. The molecule has 98 valence electrons. The van der Waals surface area contributed by atoms with E-state index < -0.39 is 0 Å². The fourth-order valence-corrected chi connectivity index (χ4v) is 2.05. The lowest BCUT2D eigenvalue weighted by molar-refractivity contribution is -0.125. The first kappa shape index (κ1) is 12.6. The van der Waals surface area contributed by atoms with Crippen LogP contribution in [0, 0.1) is 6.92 Å². The highest BCUT2D eigenvalue weighted by Crippen LogP contribution is 2.07. The number of nitrogens with zero attached hydrogens (tertiary/aromatic N) is 1. The Morgan fingerprint density at radius 3 is 3.06 bits per heavy atom. The number of aromatic nitrogens is 2. The Kier molecular flexibility index (Phi) is 3.96. The third-order valence-electron chi connectivity index (χ3n) is 3.17. The molecular weight excluding hydrogens is 232 g/mol. The molecule has 0 aromatic carbocycles. The van der Waals surface area contributed by atoms with Gasteiger partial charge < -0.3 is 10.6 Å². The van der Waals surface area contributed by atoms with E-state index in [1.165, 1.54) is 5.56 Å². The summed E-state index contributed by atoms with van der Waals surface area (Å²) in [6.07, 6.45) is 4.62. The van der Waals surface area contributed by atoms with E-state index in [-0.39, 0.29) is 17.9 Å². The number of aryl methyl sites for hydroxylation is 2. The van der Waals surface area contributed by atoms with Gasteiger partial charge in [0.2, 0.25) is 11.8 Å². The molecule has 1 aliphatic heterocycles. The van der Waals surface area contributed by atoms with Crippen LogP contribution in [0.25, 0.3) is 0 Å². The normalized spacial score (nSPS) is 18.7. The summed E-state index contributed by atoms with van der Waals surface area (Å²) in [5.41, 5.74) is 2.25. The number of hydrogen-bond acceptors (Lipinski definition) is 3. The van der Waals surface area contributed by atoms with Gasteiger partial charge in [-0.25, -0.2) is 0 Å². The van der Waals surface area contributed by atoms with Crippen LogP contribution in [0.1, 0.15) is 30.5 Å². The minimum Gasteiger partial charge on any atom is -0.354 e. The van der Waals surface area contributed by atoms with Gasteiger partial charge in [-0.1, -0.05) is 0 Å². The van der Waals surface area contributed by atoms with Crippen molar-refractivity contribution in [2.45, 2.75) is 38.6 Å². The van der Waals surface area contributed by atoms with Crippen molar-refractivity contribution >= 4 is 11.8 Å². The minimum atomic E-state index is -0.340. The summed E-state index contributed by atoms with van der Waals surface area (Å²) >= 11 is 0. The minimum absolute atomic E-state index is 0.0378. The Labute approximate surface area is 106 Å². The van der Waals surface area contributed by atoms with E-state index in [1.807, 2.05) is 13.1 Å². The first-order chi connectivity index (χ1) is 8.66. The van der Waals surface area contributed by atoms with Gasteiger partial charge in [-0.05, 0) is 31.7 Å². The van der Waals surface area contributed by atoms with Gasteiger partial charge in [-0.2, -0.15) is 5.10 Å². The van der Waals surface area contributed by atoms with E-state index >= 15 is 0 Å². The second-order valence-corrected chi connectivity index (χ2v) is 4.57. The highest BCUT2D eigenvalue weighted by atomic mass is 16.2. The maximum Gasteiger partial charge on any atom is 0.242 e. The molecule has 2 rings (SSSR count). The fourth-order valence-electron chi connectivity index (χ4n) is 2.05. The molecule has 1 fully saturated rings. The van der Waals surface area contributed by atoms with Crippen LogP contribution in [0.15, 0.2) is 6.20 Å². The Hall–Kier alpha value is -1.85. The average Bonchev–Trinajstić information content (AvgIpc) is 2.94. The third kappa shape index (κ3) is 3.09. The van der Waals surface area contributed by atoms with E-state index in [0.29, 0.717) is 19.4 Å². The second kappa shape index (κ2) is 5.66. The summed E-state index contributed by atoms with van der Waals surface area (Å²) in [7, 11) is 0. The lowest BCUT2D eigenvalue weighted by atomic mass is 10.1. The number of nitrogens with one attached hydrogen (secondary N) is 3. The zero-order chi connectivity index (χ0) is 13.0. The van der Waals surface area contributed by atoms with Crippen molar-refractivity contribution in [1.29, 1.82) is 0 Å². The lowest BCUT2D eigenvalue weighted by Gasteiger charge is -2.10. The lowest BCUT2D eigenvalue weighted by Crippen LogP contribution is -2.41. The predicted molar refractivity (Wildman–Crippen MR) is 65.8 cm³/mol. The van der Waals surface area contributed by atoms with Crippen LogP contribution in [0.4, 0.5) is 0 Å². The standard InChI is InChI=1S/C12H18N4O2/c1-8-9(7-14-16-8)3-2-6-13-12(18)10-4-5-11(17)15-10/h7,10H,2-6H2,1H3,(H,13,18)(H,14,16)(H,15,17)/t10-/m0/s1. The Morgan fingerprint density at radius 1 is 1.61 bits per heavy atom. The van der Waals surface area contributed by atoms with Crippen molar-refractivity contribution in [3.8, 4) is 0 Å². The van der Waals surface area contributed by atoms with Gasteiger partial charge in [0.05, 0.1) is 6.20 Å². The Bertz CT molecular complexity index is 441. The van der Waals surface area contributed by atoms with Crippen LogP contribution in [-0.4, -0.2) is 34.6 Å². The smallest absolute Gasteiger partial charge is 0.242 e. The van der Waals surface area contributed by atoms with Gasteiger partial charge in [0.15, 0.2) is 0 Å². The van der Waals surface area contributed by atoms with Gasteiger partial charge in [0.1, 0.15) is 6.04 Å². The number of rotatable bonds is 5. The molecule has 0 aliphatic carbocycles. The molecule has 1 aromatic rings. The van der Waals surface area contributed by atoms with E-state index in [4.69, 9.17) is 0 Å². The van der Waals surface area contributed by atoms with E-state index in [2.05, 4.69) is 20.8 Å². The second-order valence-electron chi connectivity index (χ2n) is 4.57. The van der Waals surface area contributed by atoms with Crippen molar-refractivity contribution in [2.75, 3.05) is 6.54 Å². The monoisotopic (exact) mass is 250 g/mol. The Morgan fingerprint density at radius 2 is 2.44 bits per heavy atom. The Balaban J connectivity index is 1.65. The summed E-state index contributed by atoms with van der Waals surface area (Å²) in [6, 6.07) is -0.340. The molecule has 1 aromatic heterocycles. The van der Waals surface area contributed by atoms with Gasteiger partial charge in [0, 0.05) is 18.7 Å². The fraction of sp³-hybridized carbons (Fsp3) is 0.583. The maximum atomic E-state index is 11.7. The first-order valence-electron chi connectivity index (χ1n) is 6.22. The van der Waals surface area contributed by atoms with Crippen molar-refractivity contribution < 1.29 is 9.59 Å². The van der Waals surface area contributed by atoms with E-state index in [9.17, 15) is 9.59 Å². The molecule has 0 unspecified atom stereocenters. The van der Waals surface area contributed by atoms with Crippen molar-refractivity contribution in [3.05, 3.63) is 17.5 Å². The molecule has 0 spiro atoms. The number of amides is 2. The van der Waals surface area contributed by atoms with E-state index in [1.54, 1.807) is 0 Å². The van der Waals surface area contributed by atoms with Gasteiger partial charge in [-0.15, -0.1) is 0 Å². The van der Waals surface area contributed by atoms with Crippen molar-refractivity contribution in [2.24, 2.45) is 0 Å². The van der Waals surface area contributed by atoms with Gasteiger partial charge in [0.25, 0.3) is 0 Å². The van der Waals surface area contributed by atoms with Crippen LogP contribution in [0.2, 0.25) is 0 Å².